The van der Waals surface area contributed by atoms with Crippen LogP contribution >= 0.6 is 15.9 Å². The van der Waals surface area contributed by atoms with Gasteiger partial charge in [0.15, 0.2) is 0 Å². The molecule has 0 amide bonds. The molecule has 1 N–H and O–H groups in total. The molecule has 82 valence electrons. The average Bonchev–Trinajstić information content (AvgIpc) is 2.24. The van der Waals surface area contributed by atoms with E-state index in [1.807, 2.05) is 0 Å². The minimum absolute atomic E-state index is 0.131. The number of hydrogen-bond donors (Lipinski definition) is 1. The van der Waals surface area contributed by atoms with Crippen LogP contribution in [0.2, 0.25) is 0 Å². The van der Waals surface area contributed by atoms with Gasteiger partial charge in [0.1, 0.15) is 11.6 Å². The fourth-order valence-electron chi connectivity index (χ4n) is 1.58. The highest BCUT2D eigenvalue weighted by atomic mass is 79.9. The van der Waals surface area contributed by atoms with Crippen molar-refractivity contribution in [1.82, 2.24) is 5.32 Å². The third kappa shape index (κ3) is 2.35. The van der Waals surface area contributed by atoms with Crippen LogP contribution in [0.3, 0.4) is 0 Å². The molecule has 0 saturated carbocycles. The van der Waals surface area contributed by atoms with E-state index in [0.29, 0.717) is 13.2 Å². The summed E-state index contributed by atoms with van der Waals surface area (Å²) in [5.41, 5.74) is 0.258. The van der Waals surface area contributed by atoms with Crippen molar-refractivity contribution in [3.63, 3.8) is 0 Å². The molecule has 0 aromatic heterocycles. The Bertz CT molecular complexity index is 367. The molecule has 1 aromatic carbocycles. The fraction of sp³-hybridized carbons (Fsp3) is 0.400. The molecule has 0 bridgehead atoms. The second-order valence-corrected chi connectivity index (χ2v) is 4.21. The number of morpholine rings is 1. The first-order valence-corrected chi connectivity index (χ1v) is 5.44. The van der Waals surface area contributed by atoms with Crippen LogP contribution in [0.25, 0.3) is 0 Å². The Morgan fingerprint density at radius 3 is 2.87 bits per heavy atom. The molecule has 0 radical (unpaired) electrons. The topological polar surface area (TPSA) is 21.3 Å². The molecular weight excluding hydrogens is 268 g/mol. The van der Waals surface area contributed by atoms with Gasteiger partial charge in [0.05, 0.1) is 17.2 Å². The van der Waals surface area contributed by atoms with E-state index in [-0.39, 0.29) is 10.0 Å². The third-order valence-corrected chi connectivity index (χ3v) is 2.87. The van der Waals surface area contributed by atoms with Gasteiger partial charge in [-0.1, -0.05) is 0 Å². The van der Waals surface area contributed by atoms with Crippen molar-refractivity contribution in [1.29, 1.82) is 0 Å². The summed E-state index contributed by atoms with van der Waals surface area (Å²) in [5.74, 6) is -0.919. The Morgan fingerprint density at radius 2 is 2.20 bits per heavy atom. The molecule has 1 aromatic rings. The molecule has 5 heteroatoms. The zero-order chi connectivity index (χ0) is 10.8. The highest BCUT2D eigenvalue weighted by Crippen LogP contribution is 2.27. The summed E-state index contributed by atoms with van der Waals surface area (Å²) in [7, 11) is 0. The van der Waals surface area contributed by atoms with E-state index >= 15 is 0 Å². The largest absolute Gasteiger partial charge is 0.371 e. The maximum Gasteiger partial charge on any atom is 0.143 e. The van der Waals surface area contributed by atoms with Gasteiger partial charge < -0.3 is 10.1 Å². The van der Waals surface area contributed by atoms with Crippen LogP contribution in [-0.2, 0) is 4.74 Å². The first-order valence-electron chi connectivity index (χ1n) is 4.65. The van der Waals surface area contributed by atoms with Gasteiger partial charge in [-0.15, -0.1) is 0 Å². The molecule has 0 aliphatic carbocycles. The summed E-state index contributed by atoms with van der Waals surface area (Å²) in [6.45, 7) is 1.76. The van der Waals surface area contributed by atoms with E-state index in [1.165, 1.54) is 6.07 Å². The van der Waals surface area contributed by atoms with Crippen molar-refractivity contribution in [2.24, 2.45) is 0 Å². The van der Waals surface area contributed by atoms with Crippen LogP contribution in [0.4, 0.5) is 8.78 Å². The minimum Gasteiger partial charge on any atom is -0.371 e. The molecular formula is C10H10BrF2NO. The second kappa shape index (κ2) is 4.55. The van der Waals surface area contributed by atoms with E-state index < -0.39 is 17.7 Å². The maximum atomic E-state index is 13.6. The van der Waals surface area contributed by atoms with Gasteiger partial charge >= 0.3 is 0 Å². The van der Waals surface area contributed by atoms with Crippen LogP contribution in [0, 0.1) is 11.6 Å². The number of benzene rings is 1. The number of ether oxygens (including phenoxy) is 1. The highest BCUT2D eigenvalue weighted by molar-refractivity contribution is 9.10. The van der Waals surface area contributed by atoms with Crippen molar-refractivity contribution < 1.29 is 13.5 Å². The molecule has 2 nitrogen and oxygen atoms in total. The van der Waals surface area contributed by atoms with Gasteiger partial charge in [-0.3, -0.25) is 0 Å². The van der Waals surface area contributed by atoms with Gasteiger partial charge in [0, 0.05) is 18.7 Å². The molecule has 0 spiro atoms. The summed E-state index contributed by atoms with van der Waals surface area (Å²) >= 11 is 2.97. The summed E-state index contributed by atoms with van der Waals surface area (Å²) in [4.78, 5) is 0. The van der Waals surface area contributed by atoms with Crippen LogP contribution in [-0.4, -0.2) is 19.7 Å². The van der Waals surface area contributed by atoms with Crippen molar-refractivity contribution in [2.45, 2.75) is 6.10 Å². The van der Waals surface area contributed by atoms with E-state index in [9.17, 15) is 8.78 Å². The average molecular weight is 278 g/mol. The molecule has 15 heavy (non-hydrogen) atoms. The maximum absolute atomic E-state index is 13.6. The first kappa shape index (κ1) is 11.0. The highest BCUT2D eigenvalue weighted by Gasteiger charge is 2.21. The SMILES string of the molecule is Fc1cc(Br)c(F)c(C2CNCCO2)c1. The predicted molar refractivity (Wildman–Crippen MR) is 55.6 cm³/mol. The van der Waals surface area contributed by atoms with Crippen molar-refractivity contribution in [3.8, 4) is 0 Å². The Hall–Kier alpha value is -0.520. The van der Waals surface area contributed by atoms with Gasteiger partial charge in [0.2, 0.25) is 0 Å². The van der Waals surface area contributed by atoms with E-state index in [1.54, 1.807) is 0 Å². The summed E-state index contributed by atoms with van der Waals surface area (Å²) in [6, 6.07) is 2.28. The van der Waals surface area contributed by atoms with Gasteiger partial charge in [0.25, 0.3) is 0 Å². The molecule has 1 fully saturated rings. The smallest absolute Gasteiger partial charge is 0.143 e. The Morgan fingerprint density at radius 1 is 1.40 bits per heavy atom. The van der Waals surface area contributed by atoms with Crippen LogP contribution < -0.4 is 5.32 Å². The van der Waals surface area contributed by atoms with Gasteiger partial charge in [-0.2, -0.15) is 0 Å². The van der Waals surface area contributed by atoms with Crippen molar-refractivity contribution in [3.05, 3.63) is 33.8 Å². The first-order chi connectivity index (χ1) is 7.18. The zero-order valence-corrected chi connectivity index (χ0v) is 9.48. The fourth-order valence-corrected chi connectivity index (χ4v) is 2.02. The lowest BCUT2D eigenvalue weighted by atomic mass is 10.1. The Labute approximate surface area is 94.7 Å². The van der Waals surface area contributed by atoms with Crippen LogP contribution in [0.15, 0.2) is 16.6 Å². The number of nitrogens with one attached hydrogen (secondary N) is 1. The normalized spacial score (nSPS) is 21.7. The Balaban J connectivity index is 2.33. The van der Waals surface area contributed by atoms with Gasteiger partial charge in [-0.25, -0.2) is 8.78 Å². The molecule has 1 aliphatic heterocycles. The zero-order valence-electron chi connectivity index (χ0n) is 7.90. The minimum atomic E-state index is -0.465. The van der Waals surface area contributed by atoms with Gasteiger partial charge in [-0.05, 0) is 28.1 Å². The molecule has 2 rings (SSSR count). The van der Waals surface area contributed by atoms with Crippen molar-refractivity contribution in [2.75, 3.05) is 19.7 Å². The van der Waals surface area contributed by atoms with E-state index in [0.717, 1.165) is 12.6 Å². The second-order valence-electron chi connectivity index (χ2n) is 3.35. The lowest BCUT2D eigenvalue weighted by Crippen LogP contribution is -2.33. The summed E-state index contributed by atoms with van der Waals surface area (Å²) in [6.07, 6.45) is -0.411. The monoisotopic (exact) mass is 277 g/mol. The summed E-state index contributed by atoms with van der Waals surface area (Å²) in [5, 5.41) is 3.07. The number of hydrogen-bond acceptors (Lipinski definition) is 2. The number of halogens is 3. The third-order valence-electron chi connectivity index (χ3n) is 2.30. The standard InChI is InChI=1S/C10H10BrF2NO/c11-8-4-6(12)3-7(10(8)13)9-5-14-1-2-15-9/h3-4,9,14H,1-2,5H2. The lowest BCUT2D eigenvalue weighted by Gasteiger charge is -2.24. The summed E-state index contributed by atoms with van der Waals surface area (Å²) < 4.78 is 32.2. The molecule has 1 unspecified atom stereocenters. The Kier molecular flexibility index (Phi) is 3.33. The molecule has 1 atom stereocenters. The van der Waals surface area contributed by atoms with Crippen LogP contribution in [0.5, 0.6) is 0 Å². The van der Waals surface area contributed by atoms with Crippen molar-refractivity contribution >= 4 is 15.9 Å². The van der Waals surface area contributed by atoms with E-state index in [2.05, 4.69) is 21.2 Å². The molecule has 1 aliphatic rings. The quantitative estimate of drug-likeness (QED) is 0.796. The van der Waals surface area contributed by atoms with E-state index in [4.69, 9.17) is 4.74 Å². The number of rotatable bonds is 1. The van der Waals surface area contributed by atoms with Crippen LogP contribution in [0.1, 0.15) is 11.7 Å². The molecule has 1 saturated heterocycles. The predicted octanol–water partition coefficient (Wildman–Crippen LogP) is 2.39. The lowest BCUT2D eigenvalue weighted by molar-refractivity contribution is 0.0252. The molecule has 1 heterocycles.